The van der Waals surface area contributed by atoms with E-state index in [1.807, 2.05) is 17.9 Å². The van der Waals surface area contributed by atoms with Gasteiger partial charge in [-0.05, 0) is 67.9 Å². The maximum Gasteiger partial charge on any atom is 0.301 e. The molecule has 1 aliphatic heterocycles. The van der Waals surface area contributed by atoms with Gasteiger partial charge in [-0.3, -0.25) is 14.1 Å². The van der Waals surface area contributed by atoms with Crippen molar-refractivity contribution in [2.24, 2.45) is 10.1 Å². The van der Waals surface area contributed by atoms with Crippen LogP contribution in [0.1, 0.15) is 22.8 Å². The number of amides is 2. The minimum absolute atomic E-state index is 0.0895. The first-order valence-corrected chi connectivity index (χ1v) is 16.4. The molecule has 0 spiro atoms. The average Bonchev–Trinajstić information content (AvgIpc) is 3.26. The maximum absolute atomic E-state index is 13.5. The number of benzene rings is 3. The van der Waals surface area contributed by atoms with E-state index in [0.717, 1.165) is 29.1 Å². The van der Waals surface area contributed by atoms with Crippen molar-refractivity contribution >= 4 is 60.6 Å². The topological polar surface area (TPSA) is 178 Å². The number of para-hydroxylation sites is 1. The number of aliphatic imine (C=N–C) groups is 1. The van der Waals surface area contributed by atoms with Crippen molar-refractivity contribution in [2.45, 2.75) is 18.7 Å². The molecule has 43 heavy (non-hydrogen) atoms. The Morgan fingerprint density at radius 1 is 1.02 bits per heavy atom. The van der Waals surface area contributed by atoms with E-state index in [1.54, 1.807) is 49.4 Å². The van der Waals surface area contributed by atoms with Crippen LogP contribution in [0.25, 0.3) is 0 Å². The smallest absolute Gasteiger partial charge is 0.301 e. The molecule has 3 N–H and O–H groups in total. The normalized spacial score (nSPS) is 14.6. The van der Waals surface area contributed by atoms with Crippen molar-refractivity contribution in [3.05, 3.63) is 83.9 Å². The second-order valence-electron chi connectivity index (χ2n) is 9.54. The number of nitrogens with zero attached hydrogens (tertiary/aromatic N) is 4. The van der Waals surface area contributed by atoms with Gasteiger partial charge in [-0.2, -0.15) is 13.4 Å². The Morgan fingerprint density at radius 3 is 2.37 bits per heavy atom. The predicted molar refractivity (Wildman–Crippen MR) is 164 cm³/mol. The molecule has 3 aromatic rings. The van der Waals surface area contributed by atoms with Crippen LogP contribution in [0.15, 0.2) is 87.8 Å². The molecule has 4 rings (SSSR count). The van der Waals surface area contributed by atoms with Crippen LogP contribution in [-0.2, 0) is 24.9 Å². The molecule has 0 bridgehead atoms. The Kier molecular flexibility index (Phi) is 9.40. The van der Waals surface area contributed by atoms with Crippen molar-refractivity contribution in [3.63, 3.8) is 0 Å². The van der Waals surface area contributed by atoms with Crippen LogP contribution in [-0.4, -0.2) is 70.6 Å². The summed E-state index contributed by atoms with van der Waals surface area (Å²) in [6.07, 6.45) is 1.10. The summed E-state index contributed by atoms with van der Waals surface area (Å²) in [6, 6.07) is 18.7. The second kappa shape index (κ2) is 12.8. The van der Waals surface area contributed by atoms with Crippen molar-refractivity contribution in [3.8, 4) is 0 Å². The van der Waals surface area contributed by atoms with Crippen LogP contribution in [0.2, 0.25) is 0 Å². The van der Waals surface area contributed by atoms with Gasteiger partial charge in [0.2, 0.25) is 10.0 Å². The molecule has 0 saturated carbocycles. The van der Waals surface area contributed by atoms with Crippen LogP contribution in [0.4, 0.5) is 17.1 Å². The zero-order chi connectivity index (χ0) is 31.4. The Hall–Kier alpha value is -4.44. The maximum atomic E-state index is 13.5. The van der Waals surface area contributed by atoms with Gasteiger partial charge in [0.15, 0.2) is 11.5 Å². The third-order valence-electron chi connectivity index (χ3n) is 6.35. The minimum atomic E-state index is -4.55. The standard InChI is InChI=1S/C28H30N6O7S2/c1-4-33(16-15-29-42(3,37)38)22-13-14-24(19(2)17-22)30-25-26(32-34(28(25)36)21-10-6-5-7-11-21)31-27(35)20-9-8-12-23(18-20)43(39,40)41/h5-14,17-18,29H,4,15-16H2,1-3H3,(H,31,32,35)(H,39,40,41). The van der Waals surface area contributed by atoms with Crippen molar-refractivity contribution < 1.29 is 31.0 Å². The molecule has 0 unspecified atom stereocenters. The molecule has 0 saturated heterocycles. The monoisotopic (exact) mass is 626 g/mol. The lowest BCUT2D eigenvalue weighted by atomic mass is 10.1. The zero-order valence-corrected chi connectivity index (χ0v) is 25.2. The van der Waals surface area contributed by atoms with Crippen molar-refractivity contribution in [1.82, 2.24) is 10.0 Å². The summed E-state index contributed by atoms with van der Waals surface area (Å²) in [5.74, 6) is -1.52. The molecule has 1 heterocycles. The Morgan fingerprint density at radius 2 is 1.74 bits per heavy atom. The first kappa shape index (κ1) is 31.5. The molecule has 13 nitrogen and oxygen atoms in total. The molecular formula is C28H30N6O7S2. The fourth-order valence-corrected chi connectivity index (χ4v) is 5.21. The third-order valence-corrected chi connectivity index (χ3v) is 7.93. The van der Waals surface area contributed by atoms with Gasteiger partial charge in [-0.1, -0.05) is 24.3 Å². The van der Waals surface area contributed by atoms with Gasteiger partial charge in [0, 0.05) is 30.9 Å². The predicted octanol–water partition coefficient (Wildman–Crippen LogP) is 2.48. The van der Waals surface area contributed by atoms with Gasteiger partial charge in [0.05, 0.1) is 22.5 Å². The summed E-state index contributed by atoms with van der Waals surface area (Å²) in [5, 5.41) is 7.94. The molecular weight excluding hydrogens is 596 g/mol. The van der Waals surface area contributed by atoms with Crippen LogP contribution < -0.4 is 19.9 Å². The summed E-state index contributed by atoms with van der Waals surface area (Å²) < 4.78 is 57.8. The number of anilines is 2. The number of hydrogen-bond donors (Lipinski definition) is 3. The lowest BCUT2D eigenvalue weighted by molar-refractivity contribution is -0.112. The van der Waals surface area contributed by atoms with Gasteiger partial charge in [-0.25, -0.2) is 18.1 Å². The minimum Gasteiger partial charge on any atom is -0.370 e. The number of carbonyl (C=O) groups is 2. The zero-order valence-electron chi connectivity index (χ0n) is 23.6. The van der Waals surface area contributed by atoms with Crippen LogP contribution in [0, 0.1) is 6.92 Å². The van der Waals surface area contributed by atoms with Gasteiger partial charge >= 0.3 is 5.91 Å². The first-order chi connectivity index (χ1) is 20.3. The van der Waals surface area contributed by atoms with E-state index in [2.05, 4.69) is 20.1 Å². The van der Waals surface area contributed by atoms with Crippen LogP contribution >= 0.6 is 0 Å². The number of hydrazone groups is 1. The highest BCUT2D eigenvalue weighted by Crippen LogP contribution is 2.27. The molecule has 0 fully saturated rings. The summed E-state index contributed by atoms with van der Waals surface area (Å²) in [4.78, 5) is 32.7. The van der Waals surface area contributed by atoms with Crippen molar-refractivity contribution in [2.75, 3.05) is 35.8 Å². The summed E-state index contributed by atoms with van der Waals surface area (Å²) >= 11 is 0. The van der Waals surface area contributed by atoms with E-state index >= 15 is 0 Å². The molecule has 0 atom stereocenters. The molecule has 2 amide bonds. The Balaban J connectivity index is 1.66. The van der Waals surface area contributed by atoms with E-state index in [-0.39, 0.29) is 23.7 Å². The fourth-order valence-electron chi connectivity index (χ4n) is 4.22. The Labute approximate surface area is 249 Å². The number of rotatable bonds is 10. The number of carbonyl (C=O) groups excluding carboxylic acids is 2. The van der Waals surface area contributed by atoms with E-state index in [9.17, 15) is 31.0 Å². The second-order valence-corrected chi connectivity index (χ2v) is 12.8. The number of nitrogens with one attached hydrogen (secondary N) is 2. The van der Waals surface area contributed by atoms with Crippen LogP contribution in [0.3, 0.4) is 0 Å². The highest BCUT2D eigenvalue weighted by atomic mass is 32.2. The van der Waals surface area contributed by atoms with Gasteiger partial charge < -0.3 is 10.2 Å². The number of amidine groups is 1. The highest BCUT2D eigenvalue weighted by molar-refractivity contribution is 7.88. The van der Waals surface area contributed by atoms with E-state index in [1.165, 1.54) is 12.1 Å². The molecule has 1 aliphatic rings. The summed E-state index contributed by atoms with van der Waals surface area (Å²) in [6.45, 7) is 5.02. The summed E-state index contributed by atoms with van der Waals surface area (Å²) in [7, 11) is -7.87. The number of aryl methyl sites for hydroxylation is 1. The lowest BCUT2D eigenvalue weighted by Crippen LogP contribution is -2.37. The van der Waals surface area contributed by atoms with Gasteiger partial charge in [0.25, 0.3) is 16.0 Å². The average molecular weight is 627 g/mol. The number of hydrogen-bond acceptors (Lipinski definition) is 9. The molecule has 0 aromatic heterocycles. The number of likely N-dealkylation sites (N-methyl/N-ethyl adjacent to an activating group) is 1. The third kappa shape index (κ3) is 7.90. The number of sulfonamides is 1. The molecule has 0 aliphatic carbocycles. The van der Waals surface area contributed by atoms with Gasteiger partial charge in [0.1, 0.15) is 0 Å². The largest absolute Gasteiger partial charge is 0.370 e. The lowest BCUT2D eigenvalue weighted by Gasteiger charge is -2.24. The molecule has 0 radical (unpaired) electrons. The van der Waals surface area contributed by atoms with E-state index < -0.39 is 36.9 Å². The Bertz CT molecular complexity index is 1820. The first-order valence-electron chi connectivity index (χ1n) is 13.0. The highest BCUT2D eigenvalue weighted by Gasteiger charge is 2.34. The summed E-state index contributed by atoms with van der Waals surface area (Å²) in [5.41, 5.74) is 2.16. The molecule has 15 heteroatoms. The van der Waals surface area contributed by atoms with Crippen molar-refractivity contribution in [1.29, 1.82) is 0 Å². The quantitative estimate of drug-likeness (QED) is 0.287. The molecule has 226 valence electrons. The SMILES string of the molecule is CCN(CCNS(C)(=O)=O)c1ccc(N=C2C(=O)N(c3ccccc3)N=C2NC(=O)c2cccc(S(=O)(=O)O)c2)c(C)c1. The van der Waals surface area contributed by atoms with E-state index in [4.69, 9.17) is 0 Å². The molecule has 3 aromatic carbocycles. The van der Waals surface area contributed by atoms with Gasteiger partial charge in [-0.15, -0.1) is 5.10 Å². The van der Waals surface area contributed by atoms with E-state index in [0.29, 0.717) is 30.0 Å². The fraction of sp³-hybridized carbons (Fsp3) is 0.214. The van der Waals surface area contributed by atoms with Crippen LogP contribution in [0.5, 0.6) is 0 Å².